The molecule has 0 aliphatic rings. The Morgan fingerprint density at radius 2 is 1.89 bits per heavy atom. The molecule has 2 rings (SSSR count). The molecule has 1 aromatic heterocycles. The Labute approximate surface area is 137 Å². The first-order valence-corrected chi connectivity index (χ1v) is 9.57. The van der Waals surface area contributed by atoms with E-state index < -0.39 is 0 Å². The number of hydrogen-bond acceptors (Lipinski definition) is 1. The van der Waals surface area contributed by atoms with E-state index in [9.17, 15) is 0 Å². The van der Waals surface area contributed by atoms with Gasteiger partial charge < -0.3 is 0 Å². The Hall–Kier alpha value is 0.360. The smallest absolute Gasteiger partial charge is 0.0188 e. The third-order valence-corrected chi connectivity index (χ3v) is 6.44. The van der Waals surface area contributed by atoms with Gasteiger partial charge in [-0.3, -0.25) is 0 Å². The minimum Gasteiger partial charge on any atom is -0.152 e. The average Bonchev–Trinajstić information content (AvgIpc) is 2.89. The van der Waals surface area contributed by atoms with Gasteiger partial charge in [-0.15, -0.1) is 0 Å². The lowest BCUT2D eigenvalue weighted by molar-refractivity contribution is 0.552. The zero-order valence-corrected chi connectivity index (χ0v) is 15.3. The van der Waals surface area contributed by atoms with Crippen LogP contribution in [0.3, 0.4) is 0 Å². The van der Waals surface area contributed by atoms with Crippen LogP contribution in [-0.2, 0) is 11.8 Å². The highest BCUT2D eigenvalue weighted by molar-refractivity contribution is 9.10. The maximum Gasteiger partial charge on any atom is 0.0188 e. The fourth-order valence-corrected chi connectivity index (χ4v) is 5.03. The van der Waals surface area contributed by atoms with Crippen LogP contribution in [0.25, 0.3) is 0 Å². The van der Waals surface area contributed by atoms with Gasteiger partial charge >= 0.3 is 0 Å². The van der Waals surface area contributed by atoms with Crippen molar-refractivity contribution in [3.63, 3.8) is 0 Å². The molecular formula is C14H13Br3S. The van der Waals surface area contributed by atoms with Crippen molar-refractivity contribution in [1.29, 1.82) is 0 Å². The molecule has 1 aromatic carbocycles. The maximum atomic E-state index is 3.70. The molecule has 0 atom stereocenters. The monoisotopic (exact) mass is 450 g/mol. The topological polar surface area (TPSA) is 0 Å². The van der Waals surface area contributed by atoms with Crippen LogP contribution in [0.2, 0.25) is 0 Å². The highest BCUT2D eigenvalue weighted by Crippen LogP contribution is 2.34. The summed E-state index contributed by atoms with van der Waals surface area (Å²) in [6, 6.07) is 10.8. The summed E-state index contributed by atoms with van der Waals surface area (Å²) in [5.74, 6) is 0. The molecule has 0 saturated carbocycles. The Balaban J connectivity index is 2.37. The minimum absolute atomic E-state index is 0.102. The molecule has 0 aliphatic carbocycles. The Morgan fingerprint density at radius 3 is 2.44 bits per heavy atom. The maximum absolute atomic E-state index is 3.70. The second kappa shape index (κ2) is 6.69. The van der Waals surface area contributed by atoms with Crippen LogP contribution in [0.15, 0.2) is 45.6 Å². The summed E-state index contributed by atoms with van der Waals surface area (Å²) in [4.78, 5) is 0. The van der Waals surface area contributed by atoms with Crippen molar-refractivity contribution in [1.82, 2.24) is 0 Å². The van der Waals surface area contributed by atoms with Crippen molar-refractivity contribution in [3.05, 3.63) is 56.7 Å². The van der Waals surface area contributed by atoms with Gasteiger partial charge in [0.1, 0.15) is 0 Å². The van der Waals surface area contributed by atoms with E-state index in [1.807, 2.05) is 0 Å². The number of hydrogen-bond donors (Lipinski definition) is 0. The lowest BCUT2D eigenvalue weighted by atomic mass is 9.80. The largest absolute Gasteiger partial charge is 0.152 e. The van der Waals surface area contributed by atoms with Gasteiger partial charge in [-0.1, -0.05) is 59.9 Å². The molecule has 0 unspecified atom stereocenters. The van der Waals surface area contributed by atoms with E-state index in [0.29, 0.717) is 0 Å². The first-order chi connectivity index (χ1) is 8.70. The molecule has 0 radical (unpaired) electrons. The van der Waals surface area contributed by atoms with Crippen molar-refractivity contribution in [2.45, 2.75) is 11.8 Å². The predicted molar refractivity (Wildman–Crippen MR) is 91.4 cm³/mol. The molecule has 0 nitrogen and oxygen atoms in total. The molecule has 18 heavy (non-hydrogen) atoms. The SMILES string of the molecule is BrCC(CBr)(Cc1ccsc1)c1cccc(Br)c1. The predicted octanol–water partition coefficient (Wildman–Crippen LogP) is 5.78. The van der Waals surface area contributed by atoms with E-state index in [0.717, 1.165) is 21.6 Å². The molecule has 0 fully saturated rings. The van der Waals surface area contributed by atoms with Crippen LogP contribution >= 0.6 is 59.1 Å². The van der Waals surface area contributed by atoms with Crippen molar-refractivity contribution in [3.8, 4) is 0 Å². The van der Waals surface area contributed by atoms with E-state index >= 15 is 0 Å². The fourth-order valence-electron chi connectivity index (χ4n) is 1.99. The van der Waals surface area contributed by atoms with Crippen LogP contribution < -0.4 is 0 Å². The van der Waals surface area contributed by atoms with Gasteiger partial charge in [0.05, 0.1) is 0 Å². The number of halogens is 3. The third-order valence-electron chi connectivity index (χ3n) is 3.07. The van der Waals surface area contributed by atoms with E-state index in [1.165, 1.54) is 11.1 Å². The molecule has 0 spiro atoms. The van der Waals surface area contributed by atoms with Gasteiger partial charge in [-0.2, -0.15) is 11.3 Å². The van der Waals surface area contributed by atoms with Gasteiger partial charge in [0, 0.05) is 20.5 Å². The van der Waals surface area contributed by atoms with Gasteiger partial charge in [-0.25, -0.2) is 0 Å². The normalized spacial score (nSPS) is 11.7. The highest BCUT2D eigenvalue weighted by atomic mass is 79.9. The number of alkyl halides is 2. The summed E-state index contributed by atoms with van der Waals surface area (Å²) in [6.45, 7) is 0. The lowest BCUT2D eigenvalue weighted by Gasteiger charge is -2.30. The molecule has 0 N–H and O–H groups in total. The van der Waals surface area contributed by atoms with Gasteiger partial charge in [0.15, 0.2) is 0 Å². The number of rotatable bonds is 5. The lowest BCUT2D eigenvalue weighted by Crippen LogP contribution is -2.32. The van der Waals surface area contributed by atoms with Gasteiger partial charge in [-0.05, 0) is 46.5 Å². The minimum atomic E-state index is 0.102. The zero-order valence-electron chi connectivity index (χ0n) is 9.70. The van der Waals surface area contributed by atoms with Gasteiger partial charge in [0.2, 0.25) is 0 Å². The Morgan fingerprint density at radius 1 is 1.11 bits per heavy atom. The van der Waals surface area contributed by atoms with Crippen molar-refractivity contribution in [2.75, 3.05) is 10.7 Å². The molecule has 0 bridgehead atoms. The van der Waals surface area contributed by atoms with Crippen molar-refractivity contribution in [2.24, 2.45) is 0 Å². The average molecular weight is 453 g/mol. The first-order valence-electron chi connectivity index (χ1n) is 5.59. The summed E-state index contributed by atoms with van der Waals surface area (Å²) in [6.07, 6.45) is 1.05. The number of thiophene rings is 1. The van der Waals surface area contributed by atoms with Crippen LogP contribution in [-0.4, -0.2) is 10.7 Å². The van der Waals surface area contributed by atoms with E-state index in [2.05, 4.69) is 88.9 Å². The summed E-state index contributed by atoms with van der Waals surface area (Å²) in [5, 5.41) is 6.26. The molecular weight excluding hydrogens is 440 g/mol. The summed E-state index contributed by atoms with van der Waals surface area (Å²) in [5.41, 5.74) is 2.86. The van der Waals surface area contributed by atoms with Crippen LogP contribution in [0.1, 0.15) is 11.1 Å². The first kappa shape index (κ1) is 14.8. The van der Waals surface area contributed by atoms with E-state index in [4.69, 9.17) is 0 Å². The third kappa shape index (κ3) is 3.27. The molecule has 1 heterocycles. The molecule has 0 amide bonds. The van der Waals surface area contributed by atoms with Crippen LogP contribution in [0.5, 0.6) is 0 Å². The summed E-state index contributed by atoms with van der Waals surface area (Å²) < 4.78 is 1.14. The van der Waals surface area contributed by atoms with Gasteiger partial charge in [0.25, 0.3) is 0 Å². The Bertz CT molecular complexity index is 490. The quantitative estimate of drug-likeness (QED) is 0.504. The van der Waals surface area contributed by atoms with Crippen LogP contribution in [0.4, 0.5) is 0 Å². The van der Waals surface area contributed by atoms with Crippen LogP contribution in [0, 0.1) is 0 Å². The second-order valence-electron chi connectivity index (χ2n) is 4.37. The molecule has 0 aliphatic heterocycles. The second-order valence-corrected chi connectivity index (χ2v) is 7.18. The zero-order chi connectivity index (χ0) is 13.0. The number of benzene rings is 1. The Kier molecular flexibility index (Phi) is 5.48. The summed E-state index contributed by atoms with van der Waals surface area (Å²) in [7, 11) is 0. The molecule has 96 valence electrons. The highest BCUT2D eigenvalue weighted by Gasteiger charge is 2.30. The molecule has 0 saturated heterocycles. The van der Waals surface area contributed by atoms with E-state index in [-0.39, 0.29) is 5.41 Å². The van der Waals surface area contributed by atoms with E-state index in [1.54, 1.807) is 11.3 Å². The van der Waals surface area contributed by atoms with Crippen molar-refractivity contribution < 1.29 is 0 Å². The summed E-state index contributed by atoms with van der Waals surface area (Å²) >= 11 is 12.7. The molecule has 2 aromatic rings. The standard InChI is InChI=1S/C14H13Br3S/c15-9-14(10-16,7-11-4-5-18-8-11)12-2-1-3-13(17)6-12/h1-6,8H,7,9-10H2. The fraction of sp³-hybridized carbons (Fsp3) is 0.286. The van der Waals surface area contributed by atoms with Crippen molar-refractivity contribution >= 4 is 59.1 Å². The molecule has 4 heteroatoms.